The summed E-state index contributed by atoms with van der Waals surface area (Å²) >= 11 is 0. The predicted molar refractivity (Wildman–Crippen MR) is 221 cm³/mol. The van der Waals surface area contributed by atoms with Gasteiger partial charge in [0.25, 0.3) is 0 Å². The number of carboxylic acid groups (broad SMARTS) is 2. The zero-order chi connectivity index (χ0) is 42.7. The molecule has 0 aromatic heterocycles. The van der Waals surface area contributed by atoms with Crippen LogP contribution in [0.5, 0.6) is 0 Å². The number of para-hydroxylation sites is 2. The number of carboxylic acids is 2. The number of halogens is 2. The number of ether oxygens (including phenoxy) is 4. The van der Waals surface area contributed by atoms with Crippen LogP contribution in [0.2, 0.25) is 0 Å². The van der Waals surface area contributed by atoms with Crippen LogP contribution in [-0.2, 0) is 28.5 Å². The van der Waals surface area contributed by atoms with E-state index in [1.165, 1.54) is 34.1 Å². The summed E-state index contributed by atoms with van der Waals surface area (Å²) in [5.41, 5.74) is 2.00. The Balaban J connectivity index is 0.000000264. The van der Waals surface area contributed by atoms with Crippen LogP contribution in [0.15, 0.2) is 109 Å². The molecule has 0 spiro atoms. The van der Waals surface area contributed by atoms with Crippen LogP contribution in [0.1, 0.15) is 51.4 Å². The van der Waals surface area contributed by atoms with E-state index in [-0.39, 0.29) is 61.3 Å². The van der Waals surface area contributed by atoms with Crippen LogP contribution < -0.4 is 20.0 Å². The zero-order valence-corrected chi connectivity index (χ0v) is 35.5. The van der Waals surface area contributed by atoms with E-state index in [1.807, 2.05) is 12.1 Å². The molecule has 4 aromatic carbocycles. The molecule has 4 aromatic rings. The minimum atomic E-state index is -1.21. The first-order chi connectivity index (χ1) is 29.0. The average Bonchev–Trinajstić information content (AvgIpc) is 3.24. The molecule has 0 radical (unpaired) electrons. The molecule has 320 valence electrons. The second kappa shape index (κ2) is 25.6. The van der Waals surface area contributed by atoms with Crippen molar-refractivity contribution in [3.05, 3.63) is 121 Å². The Morgan fingerprint density at radius 3 is 1.10 bits per heavy atom. The van der Waals surface area contributed by atoms with Crippen LogP contribution in [0, 0.1) is 35.3 Å². The Labute approximate surface area is 370 Å². The molecule has 0 atom stereocenters. The number of benzene rings is 4. The summed E-state index contributed by atoms with van der Waals surface area (Å²) in [5.74, 6) is -2.20. The number of carbonyl (C=O) groups excluding carboxylic acids is 4. The topological polar surface area (TPSA) is 158 Å². The van der Waals surface area contributed by atoms with Crippen LogP contribution >= 0.6 is 0 Å². The first-order valence-corrected chi connectivity index (χ1v) is 20.2. The van der Waals surface area contributed by atoms with Crippen LogP contribution in [0.3, 0.4) is 0 Å². The number of anilines is 4. The standard InChI is InChI=1S/2C23H26FNO5.Mg/c2*24-19-5-4-8-21(13-19)25(20-6-2-1-3-7-20)23(28)30-15-18-11-9-17(10-12-18)14-29-16-22(26)27;/h2*1-8,13,17-18H,9-12,14-16H2,(H,26,27);/q;;+2/p-2. The summed E-state index contributed by atoms with van der Waals surface area (Å²) in [5, 5.41) is 20.8. The summed E-state index contributed by atoms with van der Waals surface area (Å²) in [7, 11) is 0. The van der Waals surface area contributed by atoms with Crippen molar-refractivity contribution in [3.63, 3.8) is 0 Å². The molecular formula is C46H50F2MgN2O10. The van der Waals surface area contributed by atoms with Gasteiger partial charge >= 0.3 is 35.2 Å². The predicted octanol–water partition coefficient (Wildman–Crippen LogP) is 6.97. The Morgan fingerprint density at radius 2 is 0.787 bits per heavy atom. The molecule has 15 heteroatoms. The normalized spacial score (nSPS) is 18.3. The Bertz CT molecular complexity index is 1820. The van der Waals surface area contributed by atoms with Gasteiger partial charge in [0.1, 0.15) is 11.6 Å². The third kappa shape index (κ3) is 16.4. The van der Waals surface area contributed by atoms with Crippen molar-refractivity contribution in [1.82, 2.24) is 0 Å². The summed E-state index contributed by atoms with van der Waals surface area (Å²) in [4.78, 5) is 49.3. The molecule has 0 heterocycles. The fourth-order valence-electron chi connectivity index (χ4n) is 7.36. The molecule has 0 aliphatic heterocycles. The molecule has 2 aliphatic carbocycles. The largest absolute Gasteiger partial charge is 2.00 e. The molecule has 0 bridgehead atoms. The second-order valence-electron chi connectivity index (χ2n) is 15.0. The van der Waals surface area contributed by atoms with Crippen molar-refractivity contribution in [2.75, 3.05) is 49.4 Å². The fraction of sp³-hybridized carbons (Fsp3) is 0.391. The van der Waals surface area contributed by atoms with Gasteiger partial charge < -0.3 is 38.7 Å². The van der Waals surface area contributed by atoms with Crippen molar-refractivity contribution < 1.29 is 57.1 Å². The Hall–Kier alpha value is -5.09. The van der Waals surface area contributed by atoms with Gasteiger partial charge in [0.15, 0.2) is 0 Å². The number of hydrogen-bond acceptors (Lipinski definition) is 10. The van der Waals surface area contributed by atoms with E-state index >= 15 is 0 Å². The Morgan fingerprint density at radius 1 is 0.475 bits per heavy atom. The van der Waals surface area contributed by atoms with Gasteiger partial charge in [-0.3, -0.25) is 0 Å². The minimum Gasteiger partial charge on any atom is -0.548 e. The Kier molecular flexibility index (Phi) is 20.4. The average molecular weight is 853 g/mol. The van der Waals surface area contributed by atoms with Gasteiger partial charge in [0.05, 0.1) is 61.1 Å². The van der Waals surface area contributed by atoms with Crippen molar-refractivity contribution in [2.45, 2.75) is 51.4 Å². The van der Waals surface area contributed by atoms with Gasteiger partial charge in [-0.15, -0.1) is 0 Å². The molecular weight excluding hydrogens is 803 g/mol. The number of nitrogens with zero attached hydrogens (tertiary/aromatic N) is 2. The molecule has 2 aliphatic rings. The number of rotatable bonds is 16. The van der Waals surface area contributed by atoms with Gasteiger partial charge in [0, 0.05) is 13.2 Å². The van der Waals surface area contributed by atoms with E-state index in [1.54, 1.807) is 72.8 Å². The van der Waals surface area contributed by atoms with E-state index in [0.717, 1.165) is 51.4 Å². The zero-order valence-electron chi connectivity index (χ0n) is 34.0. The van der Waals surface area contributed by atoms with Crippen LogP contribution in [-0.4, -0.2) is 86.8 Å². The molecule has 0 N–H and O–H groups in total. The third-order valence-electron chi connectivity index (χ3n) is 10.5. The second-order valence-corrected chi connectivity index (χ2v) is 15.0. The first kappa shape index (κ1) is 48.6. The third-order valence-corrected chi connectivity index (χ3v) is 10.5. The van der Waals surface area contributed by atoms with Crippen molar-refractivity contribution in [1.29, 1.82) is 0 Å². The molecule has 6 rings (SSSR count). The molecule has 12 nitrogen and oxygen atoms in total. The van der Waals surface area contributed by atoms with Gasteiger partial charge in [-0.2, -0.15) is 0 Å². The first-order valence-electron chi connectivity index (χ1n) is 20.2. The van der Waals surface area contributed by atoms with E-state index in [4.69, 9.17) is 18.9 Å². The molecule has 2 amide bonds. The molecule has 0 unspecified atom stereocenters. The van der Waals surface area contributed by atoms with Crippen LogP contribution in [0.25, 0.3) is 0 Å². The van der Waals surface area contributed by atoms with Crippen molar-refractivity contribution in [3.8, 4) is 0 Å². The number of hydrogen-bond donors (Lipinski definition) is 0. The van der Waals surface area contributed by atoms with E-state index < -0.39 is 35.8 Å². The maximum absolute atomic E-state index is 13.7. The van der Waals surface area contributed by atoms with Gasteiger partial charge in [-0.25, -0.2) is 28.2 Å². The van der Waals surface area contributed by atoms with Crippen molar-refractivity contribution >= 4 is 69.9 Å². The summed E-state index contributed by atoms with van der Waals surface area (Å²) < 4.78 is 48.9. The number of carbonyl (C=O) groups is 4. The van der Waals surface area contributed by atoms with E-state index in [9.17, 15) is 38.2 Å². The molecule has 61 heavy (non-hydrogen) atoms. The molecule has 0 saturated heterocycles. The quantitative estimate of drug-likeness (QED) is 0.108. The fourth-order valence-corrected chi connectivity index (χ4v) is 7.36. The number of aliphatic carboxylic acids is 2. The maximum Gasteiger partial charge on any atom is 2.00 e. The smallest absolute Gasteiger partial charge is 0.548 e. The minimum absolute atomic E-state index is 0. The van der Waals surface area contributed by atoms with E-state index in [2.05, 4.69) is 0 Å². The van der Waals surface area contributed by atoms with Crippen LogP contribution in [0.4, 0.5) is 41.1 Å². The monoisotopic (exact) mass is 852 g/mol. The van der Waals surface area contributed by atoms with E-state index in [0.29, 0.717) is 47.8 Å². The van der Waals surface area contributed by atoms with Gasteiger partial charge in [-0.05, 0) is 136 Å². The summed E-state index contributed by atoms with van der Waals surface area (Å²) in [6.07, 6.45) is 5.95. The van der Waals surface area contributed by atoms with Gasteiger partial charge in [-0.1, -0.05) is 48.5 Å². The summed E-state index contributed by atoms with van der Waals surface area (Å²) in [6.45, 7) is 0.609. The SMILES string of the molecule is O=C([O-])COCC1CCC(COC(=O)N(c2ccccc2)c2cccc(F)c2)CC1.O=C([O-])COCC1CCC(COC(=O)N(c2ccccc2)c2cccc(F)c2)CC1.[Mg+2]. The summed E-state index contributed by atoms with van der Waals surface area (Å²) in [6, 6.07) is 29.6. The molecule has 2 saturated carbocycles. The maximum atomic E-state index is 13.7. The van der Waals surface area contributed by atoms with Crippen molar-refractivity contribution in [2.24, 2.45) is 23.7 Å². The number of amides is 2. The molecule has 2 fully saturated rings. The van der Waals surface area contributed by atoms with Gasteiger partial charge in [0.2, 0.25) is 0 Å².